The Morgan fingerprint density at radius 3 is 2.37 bits per heavy atom. The minimum Gasteiger partial charge on any atom is -0.454 e. The molecule has 3 amide bonds. The standard InChI is InChI=1S/C18H16Cl2N2O5/c19-10-5-6-13(20)14(7-10)21-15(23)9-27-16(24)8-22-17(25)11-3-1-2-4-12(11)18(22)26/h1-2,5-7,11-12H,3-4,8-9H2,(H,21,23)/t11-,12+. The van der Waals surface area contributed by atoms with E-state index in [0.29, 0.717) is 17.9 Å². The number of carbonyl (C=O) groups excluding carboxylic acids is 4. The highest BCUT2D eigenvalue weighted by atomic mass is 35.5. The Hall–Kier alpha value is -2.38. The Morgan fingerprint density at radius 2 is 1.74 bits per heavy atom. The molecule has 1 heterocycles. The maximum atomic E-state index is 12.3. The van der Waals surface area contributed by atoms with Crippen molar-refractivity contribution >= 4 is 52.6 Å². The molecule has 2 aliphatic rings. The van der Waals surface area contributed by atoms with E-state index in [1.807, 2.05) is 12.2 Å². The van der Waals surface area contributed by atoms with Crippen LogP contribution in [0.1, 0.15) is 12.8 Å². The highest BCUT2D eigenvalue weighted by Crippen LogP contribution is 2.34. The molecule has 0 saturated carbocycles. The molecule has 0 spiro atoms. The SMILES string of the molecule is O=C(COC(=O)CN1C(=O)[C@H]2CC=CC[C@H]2C1=O)Nc1cc(Cl)ccc1Cl. The van der Waals surface area contributed by atoms with Crippen LogP contribution in [-0.4, -0.2) is 41.7 Å². The van der Waals surface area contributed by atoms with Crippen LogP contribution in [0.25, 0.3) is 0 Å². The number of imide groups is 1. The van der Waals surface area contributed by atoms with Crippen molar-refractivity contribution in [2.24, 2.45) is 11.8 Å². The fraction of sp³-hybridized carbons (Fsp3) is 0.333. The number of ether oxygens (including phenoxy) is 1. The van der Waals surface area contributed by atoms with E-state index in [0.717, 1.165) is 4.90 Å². The average Bonchev–Trinajstić information content (AvgIpc) is 2.88. The predicted octanol–water partition coefficient (Wildman–Crippen LogP) is 2.43. The van der Waals surface area contributed by atoms with Gasteiger partial charge in [0.2, 0.25) is 11.8 Å². The Morgan fingerprint density at radius 1 is 1.11 bits per heavy atom. The molecule has 7 nitrogen and oxygen atoms in total. The second kappa shape index (κ2) is 8.10. The first-order chi connectivity index (χ1) is 12.9. The number of carbonyl (C=O) groups is 4. The number of nitrogens with one attached hydrogen (secondary N) is 1. The van der Waals surface area contributed by atoms with Crippen molar-refractivity contribution in [2.75, 3.05) is 18.5 Å². The lowest BCUT2D eigenvalue weighted by atomic mass is 9.85. The zero-order chi connectivity index (χ0) is 19.6. The Balaban J connectivity index is 1.51. The second-order valence-corrected chi connectivity index (χ2v) is 7.10. The Labute approximate surface area is 165 Å². The van der Waals surface area contributed by atoms with Crippen molar-refractivity contribution < 1.29 is 23.9 Å². The molecule has 1 N–H and O–H groups in total. The maximum absolute atomic E-state index is 12.3. The molecular formula is C18H16Cl2N2O5. The van der Waals surface area contributed by atoms with Crippen molar-refractivity contribution in [2.45, 2.75) is 12.8 Å². The first-order valence-electron chi connectivity index (χ1n) is 8.27. The highest BCUT2D eigenvalue weighted by molar-refractivity contribution is 6.35. The van der Waals surface area contributed by atoms with Crippen LogP contribution in [0.2, 0.25) is 10.0 Å². The number of allylic oxidation sites excluding steroid dienone is 2. The lowest BCUT2D eigenvalue weighted by Crippen LogP contribution is -2.37. The van der Waals surface area contributed by atoms with Gasteiger partial charge in [0, 0.05) is 5.02 Å². The largest absolute Gasteiger partial charge is 0.454 e. The van der Waals surface area contributed by atoms with Crippen LogP contribution in [0.5, 0.6) is 0 Å². The fourth-order valence-corrected chi connectivity index (χ4v) is 3.46. The topological polar surface area (TPSA) is 92.8 Å². The minimum atomic E-state index is -0.837. The number of amides is 3. The van der Waals surface area contributed by atoms with Crippen LogP contribution in [0.3, 0.4) is 0 Å². The molecule has 3 rings (SSSR count). The van der Waals surface area contributed by atoms with Crippen LogP contribution in [0.15, 0.2) is 30.4 Å². The Kier molecular flexibility index (Phi) is 5.82. The summed E-state index contributed by atoms with van der Waals surface area (Å²) in [6, 6.07) is 4.54. The van der Waals surface area contributed by atoms with Crippen LogP contribution >= 0.6 is 23.2 Å². The predicted molar refractivity (Wildman–Crippen MR) is 98.1 cm³/mol. The van der Waals surface area contributed by atoms with E-state index >= 15 is 0 Å². The maximum Gasteiger partial charge on any atom is 0.326 e. The van der Waals surface area contributed by atoms with Crippen LogP contribution in [-0.2, 0) is 23.9 Å². The number of esters is 1. The number of rotatable bonds is 5. The third-order valence-corrected chi connectivity index (χ3v) is 5.02. The van der Waals surface area contributed by atoms with Gasteiger partial charge in [-0.15, -0.1) is 0 Å². The molecule has 1 aliphatic carbocycles. The van der Waals surface area contributed by atoms with E-state index < -0.39 is 36.9 Å². The van der Waals surface area contributed by atoms with Gasteiger partial charge in [0.25, 0.3) is 5.91 Å². The minimum absolute atomic E-state index is 0.281. The van der Waals surface area contributed by atoms with Crippen LogP contribution < -0.4 is 5.32 Å². The van der Waals surface area contributed by atoms with Crippen molar-refractivity contribution in [3.8, 4) is 0 Å². The van der Waals surface area contributed by atoms with Gasteiger partial charge in [-0.25, -0.2) is 0 Å². The number of likely N-dealkylation sites (tertiary alicyclic amines) is 1. The summed E-state index contributed by atoms with van der Waals surface area (Å²) in [6.45, 7) is -1.08. The Bertz CT molecular complexity index is 813. The average molecular weight is 411 g/mol. The fourth-order valence-electron chi connectivity index (χ4n) is 3.13. The molecule has 142 valence electrons. The van der Waals surface area contributed by atoms with E-state index in [2.05, 4.69) is 5.32 Å². The van der Waals surface area contributed by atoms with Crippen molar-refractivity contribution in [3.63, 3.8) is 0 Å². The number of benzene rings is 1. The number of halogens is 2. The summed E-state index contributed by atoms with van der Waals surface area (Å²) in [7, 11) is 0. The van der Waals surface area contributed by atoms with Crippen molar-refractivity contribution in [3.05, 3.63) is 40.4 Å². The number of hydrogen-bond acceptors (Lipinski definition) is 5. The molecule has 1 saturated heterocycles. The first kappa shape index (κ1) is 19.4. The summed E-state index contributed by atoms with van der Waals surface area (Å²) in [4.78, 5) is 49.4. The zero-order valence-corrected chi connectivity index (χ0v) is 15.6. The van der Waals surface area contributed by atoms with Gasteiger partial charge in [-0.1, -0.05) is 35.4 Å². The zero-order valence-electron chi connectivity index (χ0n) is 14.1. The summed E-state index contributed by atoms with van der Waals surface area (Å²) in [5, 5.41) is 3.13. The molecule has 9 heteroatoms. The van der Waals surface area contributed by atoms with E-state index in [-0.39, 0.29) is 22.5 Å². The molecule has 0 radical (unpaired) electrons. The highest BCUT2D eigenvalue weighted by Gasteiger charge is 2.47. The molecule has 1 aromatic carbocycles. The lowest BCUT2D eigenvalue weighted by Gasteiger charge is -2.14. The van der Waals surface area contributed by atoms with Gasteiger partial charge >= 0.3 is 5.97 Å². The molecular weight excluding hydrogens is 395 g/mol. The van der Waals surface area contributed by atoms with Gasteiger partial charge in [-0.05, 0) is 31.0 Å². The van der Waals surface area contributed by atoms with Crippen molar-refractivity contribution in [1.29, 1.82) is 0 Å². The molecule has 0 unspecified atom stereocenters. The van der Waals surface area contributed by atoms with Gasteiger partial charge in [0.05, 0.1) is 22.5 Å². The molecule has 0 bridgehead atoms. The van der Waals surface area contributed by atoms with Gasteiger partial charge < -0.3 is 10.1 Å². The normalized spacial score (nSPS) is 21.2. The number of fused-ring (bicyclic) bond motifs is 1. The summed E-state index contributed by atoms with van der Waals surface area (Å²) in [5.74, 6) is -3.03. The summed E-state index contributed by atoms with van der Waals surface area (Å²) < 4.78 is 4.87. The van der Waals surface area contributed by atoms with Crippen LogP contribution in [0, 0.1) is 11.8 Å². The smallest absolute Gasteiger partial charge is 0.326 e. The van der Waals surface area contributed by atoms with Gasteiger partial charge in [-0.2, -0.15) is 0 Å². The molecule has 1 aromatic rings. The molecule has 27 heavy (non-hydrogen) atoms. The van der Waals surface area contributed by atoms with Crippen molar-refractivity contribution in [1.82, 2.24) is 4.90 Å². The quantitative estimate of drug-likeness (QED) is 0.457. The number of nitrogens with zero attached hydrogens (tertiary/aromatic N) is 1. The second-order valence-electron chi connectivity index (χ2n) is 6.25. The molecule has 2 atom stereocenters. The number of anilines is 1. The monoisotopic (exact) mass is 410 g/mol. The first-order valence-corrected chi connectivity index (χ1v) is 9.03. The third-order valence-electron chi connectivity index (χ3n) is 4.45. The summed E-state index contributed by atoms with van der Waals surface area (Å²) in [6.07, 6.45) is 4.70. The van der Waals surface area contributed by atoms with E-state index in [9.17, 15) is 19.2 Å². The van der Waals surface area contributed by atoms with Gasteiger partial charge in [0.1, 0.15) is 6.54 Å². The van der Waals surface area contributed by atoms with Gasteiger partial charge in [-0.3, -0.25) is 24.1 Å². The van der Waals surface area contributed by atoms with E-state index in [4.69, 9.17) is 27.9 Å². The van der Waals surface area contributed by atoms with E-state index in [1.54, 1.807) is 6.07 Å². The number of hydrogen-bond donors (Lipinski definition) is 1. The summed E-state index contributed by atoms with van der Waals surface area (Å²) in [5.41, 5.74) is 0.284. The van der Waals surface area contributed by atoms with E-state index in [1.165, 1.54) is 12.1 Å². The molecule has 0 aromatic heterocycles. The third kappa shape index (κ3) is 4.31. The molecule has 1 aliphatic heterocycles. The van der Waals surface area contributed by atoms with Gasteiger partial charge in [0.15, 0.2) is 6.61 Å². The van der Waals surface area contributed by atoms with Crippen LogP contribution in [0.4, 0.5) is 5.69 Å². The molecule has 1 fully saturated rings. The summed E-state index contributed by atoms with van der Waals surface area (Å²) >= 11 is 11.8. The lowest BCUT2D eigenvalue weighted by molar-refractivity contribution is -0.154.